The second kappa shape index (κ2) is 48.2. The van der Waals surface area contributed by atoms with E-state index in [0.717, 1.165) is 23.0 Å². The van der Waals surface area contributed by atoms with Crippen LogP contribution in [0.15, 0.2) is 111 Å². The van der Waals surface area contributed by atoms with Crippen LogP contribution in [0.25, 0.3) is 92.7 Å². The number of fused-ring (bicyclic) bond motifs is 6. The molecule has 16 heteroatoms. The Morgan fingerprint density at radius 1 is 0.274 bits per heavy atom. The van der Waals surface area contributed by atoms with Gasteiger partial charge in [-0.15, -0.1) is 162 Å². The molecule has 2 nitrogen and oxygen atoms in total. The van der Waals surface area contributed by atoms with Gasteiger partial charge in [0.15, 0.2) is 0 Å². The maximum atomic E-state index is 2.68. The molecule has 0 saturated heterocycles. The Kier molecular flexibility index (Phi) is 39.7. The minimum Gasteiger partial charge on any atom is -0.342 e. The van der Waals surface area contributed by atoms with Gasteiger partial charge in [0.1, 0.15) is 0 Å². The minimum atomic E-state index is 1.14. The molecular weight excluding hydrogens is 1560 g/mol. The lowest BCUT2D eigenvalue weighted by Gasteiger charge is -2.10. The molecule has 0 fully saturated rings. The molecule has 0 bridgehead atoms. The maximum Gasteiger partial charge on any atom is 0.0655 e. The smallest absolute Gasteiger partial charge is 0.0655 e. The molecular formula is C90H126N2S14. The van der Waals surface area contributed by atoms with E-state index in [9.17, 15) is 0 Å². The average molecular weight is 1680 g/mol. The topological polar surface area (TPSA) is 9.86 Å². The Bertz CT molecular complexity index is 3910. The van der Waals surface area contributed by atoms with Crippen LogP contribution in [0.5, 0.6) is 0 Å². The fourth-order valence-electron chi connectivity index (χ4n) is 14.5. The summed E-state index contributed by atoms with van der Waals surface area (Å²) in [7, 11) is 4.75. The first-order valence-electron chi connectivity index (χ1n) is 41.4. The molecule has 106 heavy (non-hydrogen) atoms. The summed E-state index contributed by atoms with van der Waals surface area (Å²) < 4.78 is 11.0. The zero-order chi connectivity index (χ0) is 74.2. The van der Waals surface area contributed by atoms with Crippen LogP contribution < -0.4 is 0 Å². The number of aromatic nitrogens is 2. The third kappa shape index (κ3) is 24.2. The van der Waals surface area contributed by atoms with Gasteiger partial charge in [-0.25, -0.2) is 0 Å². The Hall–Kier alpha value is -1.22. The summed E-state index contributed by atoms with van der Waals surface area (Å²) >= 11 is 29.1. The van der Waals surface area contributed by atoms with Gasteiger partial charge in [0.2, 0.25) is 0 Å². The van der Waals surface area contributed by atoms with Gasteiger partial charge in [0, 0.05) is 64.0 Å². The Balaban J connectivity index is 1.11. The zero-order valence-corrected chi connectivity index (χ0v) is 77.7. The van der Waals surface area contributed by atoms with Crippen molar-refractivity contribution in [2.45, 2.75) is 310 Å². The second-order valence-electron chi connectivity index (χ2n) is 29.0. The fourth-order valence-corrected chi connectivity index (χ4v) is 31.7. The highest BCUT2D eigenvalue weighted by atomic mass is 32.2. The maximum absolute atomic E-state index is 2.68. The van der Waals surface area contributed by atoms with E-state index in [4.69, 9.17) is 0 Å². The van der Waals surface area contributed by atoms with E-state index < -0.39 is 0 Å². The monoisotopic (exact) mass is 1680 g/mol. The van der Waals surface area contributed by atoms with Crippen LogP contribution in [0.3, 0.4) is 0 Å². The summed E-state index contributed by atoms with van der Waals surface area (Å²) in [6.45, 7) is 14.0. The van der Waals surface area contributed by atoms with E-state index in [1.54, 1.807) is 0 Å². The molecule has 580 valence electrons. The van der Waals surface area contributed by atoms with Crippen molar-refractivity contribution in [2.75, 3.05) is 47.0 Å². The van der Waals surface area contributed by atoms with E-state index in [0.29, 0.717) is 0 Å². The first kappa shape index (κ1) is 87.2. The van der Waals surface area contributed by atoms with Gasteiger partial charge in [-0.05, 0) is 145 Å². The molecule has 8 heterocycles. The Morgan fingerprint density at radius 3 is 0.811 bits per heavy atom. The van der Waals surface area contributed by atoms with E-state index in [-0.39, 0.29) is 0 Å². The van der Waals surface area contributed by atoms with Gasteiger partial charge in [-0.1, -0.05) is 258 Å². The largest absolute Gasteiger partial charge is 0.342 e. The second-order valence-corrected chi connectivity index (χ2v) is 44.3. The van der Waals surface area contributed by atoms with Crippen molar-refractivity contribution in [3.63, 3.8) is 0 Å². The van der Waals surface area contributed by atoms with Crippen LogP contribution in [0.2, 0.25) is 0 Å². The van der Waals surface area contributed by atoms with Gasteiger partial charge < -0.3 is 9.13 Å². The summed E-state index contributed by atoms with van der Waals surface area (Å²) in [5.41, 5.74) is 5.44. The van der Waals surface area contributed by atoms with Crippen molar-refractivity contribution < 1.29 is 0 Å². The van der Waals surface area contributed by atoms with Crippen LogP contribution in [-0.4, -0.2) is 56.2 Å². The number of thiophene rings is 6. The molecule has 0 aliphatic carbocycles. The number of rotatable bonds is 56. The normalized spacial score (nSPS) is 12.1. The molecule has 0 radical (unpaired) electrons. The first-order chi connectivity index (χ1) is 52.2. The highest BCUT2D eigenvalue weighted by molar-refractivity contribution is 8.02. The van der Waals surface area contributed by atoms with Crippen LogP contribution in [0, 0.1) is 0 Å². The van der Waals surface area contributed by atoms with E-state index >= 15 is 0 Å². The molecule has 0 unspecified atom stereocenters. The van der Waals surface area contributed by atoms with Crippen molar-refractivity contribution in [3.05, 3.63) is 72.8 Å². The molecule has 0 amide bonds. The molecule has 0 saturated carbocycles. The molecule has 0 aliphatic rings. The lowest BCUT2D eigenvalue weighted by molar-refractivity contribution is 0.627. The molecule has 10 aromatic rings. The Morgan fingerprint density at radius 2 is 0.528 bits per heavy atom. The minimum absolute atomic E-state index is 1.14. The van der Waals surface area contributed by atoms with Crippen LogP contribution >= 0.6 is 162 Å². The van der Waals surface area contributed by atoms with Gasteiger partial charge >= 0.3 is 0 Å². The van der Waals surface area contributed by atoms with Crippen molar-refractivity contribution in [2.24, 2.45) is 14.1 Å². The van der Waals surface area contributed by atoms with Crippen molar-refractivity contribution in [1.82, 2.24) is 9.13 Å². The number of hydrogen-bond donors (Lipinski definition) is 0. The van der Waals surface area contributed by atoms with Crippen LogP contribution in [0.1, 0.15) is 273 Å². The van der Waals surface area contributed by atoms with Gasteiger partial charge in [-0.3, -0.25) is 0 Å². The van der Waals surface area contributed by atoms with Crippen LogP contribution in [-0.2, 0) is 14.1 Å². The molecule has 0 aliphatic heterocycles. The first-order valence-corrected chi connectivity index (χ1v) is 54.6. The number of unbranched alkanes of at least 4 members (excludes halogenated alkanes) is 30. The van der Waals surface area contributed by atoms with Crippen molar-refractivity contribution in [3.8, 4) is 61.8 Å². The standard InChI is InChI=1S/C90H126N2S14/c1-11-17-23-29-35-43-55-95-71-61-75(101-81(71)67-51-53-69(91(67)7)83-73(63-77(93-9)103-83)97-57-45-37-31-25-19-13-3)85-87(99-59-47-39-33-27-21-15-5)79-65-49-41-42-50-66(65)80-88(100-60-48-40-34-28-22-16-6)86(106-90(80)89(79)105-85)76-62-72(96-56-44-36-30-24-18-12-2)82(102-76)68-52-54-70(92(68)8)84-74(64-78(94-10)104-84)98-58-46-38-32-26-20-14-4/h41-42,49-54,61-64H,11-40,43-48,55-60H2,1-10H3. The SMILES string of the molecule is CCCCCCCCSc1cc(SC)sc1-c1ccc(-c2sc(-c3sc4c5sc(-c6cc(SCCCCCCCC)c(-c7ccc(-c8sc(SC)cc8SCCCCCCCC)n7C)s6)c(SCCCCCCCC)c5c5ccccc5c4c3SCCCCCCCC)cc2SCCCCCCCC)n1C. The molecule has 8 aromatic heterocycles. The number of nitrogens with zero attached hydrogens (tertiary/aromatic N) is 2. The summed E-state index contributed by atoms with van der Waals surface area (Å²) in [4.78, 5) is 20.6. The Labute approximate surface area is 700 Å². The summed E-state index contributed by atoms with van der Waals surface area (Å²) in [5, 5.41) is 5.89. The lowest BCUT2D eigenvalue weighted by Crippen LogP contribution is -1.94. The highest BCUT2D eigenvalue weighted by Gasteiger charge is 2.30. The summed E-state index contributed by atoms with van der Waals surface area (Å²) in [6, 6.07) is 30.0. The van der Waals surface area contributed by atoms with Crippen LogP contribution in [0.4, 0.5) is 0 Å². The van der Waals surface area contributed by atoms with E-state index in [1.165, 1.54) is 373 Å². The summed E-state index contributed by atoms with van der Waals surface area (Å²) in [6.07, 6.45) is 52.2. The number of hydrogen-bond acceptors (Lipinski definition) is 14. The van der Waals surface area contributed by atoms with Crippen molar-refractivity contribution >= 4 is 193 Å². The van der Waals surface area contributed by atoms with E-state index in [2.05, 4.69) is 266 Å². The fraction of sp³-hybridized carbons (Fsp3) is 0.578. The third-order valence-corrected chi connectivity index (χ3v) is 38.0. The number of thioether (sulfide) groups is 8. The van der Waals surface area contributed by atoms with Gasteiger partial charge in [0.25, 0.3) is 0 Å². The predicted octanol–water partition coefficient (Wildman–Crippen LogP) is 36.4. The molecule has 2 aromatic carbocycles. The van der Waals surface area contributed by atoms with Crippen molar-refractivity contribution in [1.29, 1.82) is 0 Å². The summed E-state index contributed by atoms with van der Waals surface area (Å²) in [5.74, 6) is 6.98. The van der Waals surface area contributed by atoms with Gasteiger partial charge in [-0.2, -0.15) is 0 Å². The lowest BCUT2D eigenvalue weighted by atomic mass is 10.0. The predicted molar refractivity (Wildman–Crippen MR) is 505 cm³/mol. The molecule has 0 N–H and O–H groups in total. The van der Waals surface area contributed by atoms with Gasteiger partial charge in [0.05, 0.1) is 69.9 Å². The average Bonchev–Trinajstić information content (AvgIpc) is 1.57. The number of benzene rings is 2. The molecule has 0 atom stereocenters. The third-order valence-electron chi connectivity index (χ3n) is 20.7. The zero-order valence-electron chi connectivity index (χ0n) is 66.2. The molecule has 0 spiro atoms. The highest BCUT2D eigenvalue weighted by Crippen LogP contribution is 2.60. The van der Waals surface area contributed by atoms with E-state index in [1.807, 2.05) is 46.2 Å². The molecule has 10 rings (SSSR count). The quantitative estimate of drug-likeness (QED) is 0.0272.